The molecule has 0 aliphatic carbocycles. The number of pyridine rings is 1. The molecule has 8 nitrogen and oxygen atoms in total. The van der Waals surface area contributed by atoms with Crippen LogP contribution in [0.25, 0.3) is 33.5 Å². The monoisotopic (exact) mass is 472 g/mol. The van der Waals surface area contributed by atoms with E-state index in [1.54, 1.807) is 6.20 Å². The number of aromatic nitrogens is 5. The van der Waals surface area contributed by atoms with Gasteiger partial charge in [-0.3, -0.25) is 9.67 Å². The Bertz CT molecular complexity index is 1400. The van der Waals surface area contributed by atoms with Crippen LogP contribution in [-0.2, 0) is 7.05 Å². The maximum atomic E-state index is 15.8. The highest BCUT2D eigenvalue weighted by Crippen LogP contribution is 2.33. The summed E-state index contributed by atoms with van der Waals surface area (Å²) < 4.78 is 17.7. The first kappa shape index (κ1) is 21.9. The van der Waals surface area contributed by atoms with Gasteiger partial charge in [0.25, 0.3) is 0 Å². The van der Waals surface area contributed by atoms with E-state index in [1.807, 2.05) is 42.1 Å². The summed E-state index contributed by atoms with van der Waals surface area (Å²) in [7, 11) is 1.93. The molecule has 1 aromatic carbocycles. The van der Waals surface area contributed by atoms with Gasteiger partial charge >= 0.3 is 0 Å². The van der Waals surface area contributed by atoms with Crippen LogP contribution in [0, 0.1) is 5.82 Å². The van der Waals surface area contributed by atoms with Crippen molar-refractivity contribution in [2.45, 2.75) is 44.7 Å². The van der Waals surface area contributed by atoms with Crippen LogP contribution in [-0.4, -0.2) is 49.9 Å². The summed E-state index contributed by atoms with van der Waals surface area (Å²) in [6.45, 7) is 6.16. The Balaban J connectivity index is 1.37. The minimum Gasteiger partial charge on any atom is -0.368 e. The van der Waals surface area contributed by atoms with E-state index in [0.717, 1.165) is 35.4 Å². The van der Waals surface area contributed by atoms with Crippen molar-refractivity contribution in [1.82, 2.24) is 30.0 Å². The van der Waals surface area contributed by atoms with E-state index < -0.39 is 5.82 Å². The molecule has 3 N–H and O–H groups in total. The number of piperazine rings is 1. The molecule has 180 valence electrons. The zero-order valence-electron chi connectivity index (χ0n) is 20.2. The summed E-state index contributed by atoms with van der Waals surface area (Å²) in [5.41, 5.74) is 10.4. The fraction of sp³-hybridized carbons (Fsp3) is 0.385. The molecule has 2 saturated heterocycles. The van der Waals surface area contributed by atoms with Crippen LogP contribution in [0.15, 0.2) is 36.5 Å². The number of hydrogen-bond acceptors (Lipinski definition) is 7. The predicted octanol–water partition coefficient (Wildman–Crippen LogP) is 3.88. The summed E-state index contributed by atoms with van der Waals surface area (Å²) in [5, 5.41) is 9.20. The standard InChI is InChI=1S/C26H29FN8/c1-14(2)25-19-10-15(4-8-20(19)33-34(25)3)23-22(27)24(32-26(28)31-23)21-9-7-18(11-29-21)35-12-16-5-6-17(13-35)30-16/h4,7-11,14,16-17,30H,5-6,12-13H2,1-3H3,(H2,28,31,32). The lowest BCUT2D eigenvalue weighted by Gasteiger charge is -2.34. The van der Waals surface area contributed by atoms with E-state index in [1.165, 1.54) is 12.8 Å². The molecule has 2 fully saturated rings. The first-order valence-electron chi connectivity index (χ1n) is 12.1. The predicted molar refractivity (Wildman–Crippen MR) is 136 cm³/mol. The van der Waals surface area contributed by atoms with Gasteiger partial charge in [0.15, 0.2) is 5.82 Å². The molecular formula is C26H29FN8. The normalized spacial score (nSPS) is 19.7. The van der Waals surface area contributed by atoms with Gasteiger partial charge in [-0.2, -0.15) is 5.10 Å². The molecule has 0 amide bonds. The van der Waals surface area contributed by atoms with Crippen molar-refractivity contribution >= 4 is 22.5 Å². The lowest BCUT2D eigenvalue weighted by atomic mass is 10.0. The molecule has 0 saturated carbocycles. The third-order valence-corrected chi connectivity index (χ3v) is 7.14. The highest BCUT2D eigenvalue weighted by atomic mass is 19.1. The maximum absolute atomic E-state index is 15.8. The van der Waals surface area contributed by atoms with Crippen molar-refractivity contribution in [3.8, 4) is 22.6 Å². The number of rotatable bonds is 4. The Labute approximate surface area is 203 Å². The zero-order chi connectivity index (χ0) is 24.3. The average Bonchev–Trinajstić information content (AvgIpc) is 3.36. The van der Waals surface area contributed by atoms with Gasteiger partial charge in [-0.1, -0.05) is 19.9 Å². The molecule has 35 heavy (non-hydrogen) atoms. The Morgan fingerprint density at radius 1 is 1.06 bits per heavy atom. The van der Waals surface area contributed by atoms with Crippen molar-refractivity contribution in [3.63, 3.8) is 0 Å². The fourth-order valence-electron chi connectivity index (χ4n) is 5.60. The minimum absolute atomic E-state index is 0.0105. The minimum atomic E-state index is -0.533. The Morgan fingerprint density at radius 3 is 2.49 bits per heavy atom. The zero-order valence-corrected chi connectivity index (χ0v) is 20.2. The number of fused-ring (bicyclic) bond motifs is 3. The van der Waals surface area contributed by atoms with Gasteiger partial charge in [0, 0.05) is 48.9 Å². The van der Waals surface area contributed by atoms with Crippen molar-refractivity contribution in [1.29, 1.82) is 0 Å². The lowest BCUT2D eigenvalue weighted by Crippen LogP contribution is -2.51. The first-order chi connectivity index (χ1) is 16.9. The average molecular weight is 473 g/mol. The van der Waals surface area contributed by atoms with Crippen LogP contribution < -0.4 is 16.0 Å². The highest BCUT2D eigenvalue weighted by molar-refractivity contribution is 5.87. The molecule has 5 heterocycles. The summed E-state index contributed by atoms with van der Waals surface area (Å²) in [4.78, 5) is 15.4. The second-order valence-electron chi connectivity index (χ2n) is 9.93. The smallest absolute Gasteiger partial charge is 0.221 e. The second kappa shape index (κ2) is 8.27. The van der Waals surface area contributed by atoms with Crippen molar-refractivity contribution in [2.24, 2.45) is 7.05 Å². The number of aryl methyl sites for hydroxylation is 1. The van der Waals surface area contributed by atoms with E-state index >= 15 is 4.39 Å². The number of nitrogens with two attached hydrogens (primary N) is 1. The summed E-state index contributed by atoms with van der Waals surface area (Å²) in [5.74, 6) is -0.255. The van der Waals surface area contributed by atoms with Crippen LogP contribution in [0.4, 0.5) is 16.0 Å². The molecule has 9 heteroatoms. The highest BCUT2D eigenvalue weighted by Gasteiger charge is 2.32. The van der Waals surface area contributed by atoms with E-state index in [0.29, 0.717) is 23.3 Å². The van der Waals surface area contributed by atoms with Crippen LogP contribution in [0.5, 0.6) is 0 Å². The number of benzene rings is 1. The van der Waals surface area contributed by atoms with Crippen LogP contribution >= 0.6 is 0 Å². The van der Waals surface area contributed by atoms with Gasteiger partial charge in [-0.15, -0.1) is 0 Å². The number of anilines is 2. The molecule has 2 bridgehead atoms. The summed E-state index contributed by atoms with van der Waals surface area (Å²) in [6.07, 6.45) is 4.23. The third kappa shape index (κ3) is 3.80. The summed E-state index contributed by atoms with van der Waals surface area (Å²) in [6, 6.07) is 10.5. The van der Waals surface area contributed by atoms with Crippen LogP contribution in [0.3, 0.4) is 0 Å². The van der Waals surface area contributed by atoms with Crippen molar-refractivity contribution in [3.05, 3.63) is 48.0 Å². The van der Waals surface area contributed by atoms with E-state index in [9.17, 15) is 0 Å². The van der Waals surface area contributed by atoms with Crippen LogP contribution in [0.1, 0.15) is 38.3 Å². The molecular weight excluding hydrogens is 443 g/mol. The van der Waals surface area contributed by atoms with Gasteiger partial charge in [0.05, 0.1) is 23.1 Å². The topological polar surface area (TPSA) is 97.8 Å². The van der Waals surface area contributed by atoms with Crippen molar-refractivity contribution < 1.29 is 4.39 Å². The molecule has 3 aromatic heterocycles. The Kier molecular flexibility index (Phi) is 5.17. The quantitative estimate of drug-likeness (QED) is 0.465. The lowest BCUT2D eigenvalue weighted by molar-refractivity contribution is 0.465. The molecule has 0 radical (unpaired) electrons. The number of nitrogens with zero attached hydrogens (tertiary/aromatic N) is 6. The Hall–Kier alpha value is -3.59. The van der Waals surface area contributed by atoms with E-state index in [4.69, 9.17) is 5.73 Å². The maximum Gasteiger partial charge on any atom is 0.221 e. The number of hydrogen-bond donors (Lipinski definition) is 2. The summed E-state index contributed by atoms with van der Waals surface area (Å²) >= 11 is 0. The molecule has 2 unspecified atom stereocenters. The third-order valence-electron chi connectivity index (χ3n) is 7.14. The molecule has 6 rings (SSSR count). The second-order valence-corrected chi connectivity index (χ2v) is 9.93. The van der Waals surface area contributed by atoms with Gasteiger partial charge < -0.3 is 16.0 Å². The van der Waals surface area contributed by atoms with Gasteiger partial charge in [0.1, 0.15) is 11.4 Å². The van der Waals surface area contributed by atoms with E-state index in [-0.39, 0.29) is 23.3 Å². The molecule has 2 atom stereocenters. The SMILES string of the molecule is CC(C)c1c2cc(-c3nc(N)nc(-c4ccc(N5CC6CCC(C5)N6)cn4)c3F)ccc2nn1C. The van der Waals surface area contributed by atoms with Gasteiger partial charge in [0.2, 0.25) is 5.95 Å². The number of nitrogens with one attached hydrogen (secondary N) is 1. The molecule has 2 aliphatic rings. The van der Waals surface area contributed by atoms with Crippen LogP contribution in [0.2, 0.25) is 0 Å². The van der Waals surface area contributed by atoms with E-state index in [2.05, 4.69) is 44.1 Å². The largest absolute Gasteiger partial charge is 0.368 e. The molecule has 0 spiro atoms. The van der Waals surface area contributed by atoms with Gasteiger partial charge in [-0.05, 0) is 43.0 Å². The fourth-order valence-corrected chi connectivity index (χ4v) is 5.60. The number of halogens is 1. The molecule has 2 aliphatic heterocycles. The first-order valence-corrected chi connectivity index (χ1v) is 12.1. The number of nitrogen functional groups attached to an aromatic ring is 1. The van der Waals surface area contributed by atoms with Gasteiger partial charge in [-0.25, -0.2) is 14.4 Å². The Morgan fingerprint density at radius 2 is 1.80 bits per heavy atom. The molecule has 4 aromatic rings. The van der Waals surface area contributed by atoms with Crippen molar-refractivity contribution in [2.75, 3.05) is 23.7 Å².